The zero-order valence-electron chi connectivity index (χ0n) is 9.25. The zero-order valence-corrected chi connectivity index (χ0v) is 9.25. The normalized spacial score (nSPS) is 13.6. The average molecular weight is 188 g/mol. The highest BCUT2D eigenvalue weighted by Crippen LogP contribution is 2.07. The minimum absolute atomic E-state index is 0.158. The smallest absolute Gasteiger partial charge is 0.0564 e. The van der Waals surface area contributed by atoms with Crippen molar-refractivity contribution in [3.8, 4) is 0 Å². The highest BCUT2D eigenvalue weighted by molar-refractivity contribution is 4.58. The molecule has 0 saturated heterocycles. The Morgan fingerprint density at radius 3 is 2.31 bits per heavy atom. The first kappa shape index (κ1) is 12.9. The van der Waals surface area contributed by atoms with E-state index in [4.69, 9.17) is 4.74 Å². The lowest BCUT2D eigenvalue weighted by atomic mass is 10.0. The molecular weight excluding hydrogens is 164 g/mol. The lowest BCUT2D eigenvalue weighted by Gasteiger charge is -2.13. The molecule has 0 amide bonds. The van der Waals surface area contributed by atoms with E-state index in [0.717, 1.165) is 32.5 Å². The lowest BCUT2D eigenvalue weighted by molar-refractivity contribution is 0.0846. The number of hydrogen-bond acceptors (Lipinski definition) is 2. The summed E-state index contributed by atoms with van der Waals surface area (Å²) in [6.07, 6.45) is 4.02. The quantitative estimate of drug-likeness (QED) is 0.593. The van der Waals surface area contributed by atoms with Crippen molar-refractivity contribution in [1.82, 2.24) is 0 Å². The highest BCUT2D eigenvalue weighted by atomic mass is 16.5. The molecule has 0 rings (SSSR count). The summed E-state index contributed by atoms with van der Waals surface area (Å²) in [5, 5.41) is 9.47. The molecule has 1 unspecified atom stereocenters. The van der Waals surface area contributed by atoms with Gasteiger partial charge in [0.2, 0.25) is 0 Å². The van der Waals surface area contributed by atoms with Crippen LogP contribution in [0.2, 0.25) is 0 Å². The number of aliphatic hydroxyl groups excluding tert-OH is 1. The molecule has 1 atom stereocenters. The van der Waals surface area contributed by atoms with Crippen LogP contribution in [0.15, 0.2) is 0 Å². The van der Waals surface area contributed by atoms with Gasteiger partial charge in [0.25, 0.3) is 0 Å². The predicted octanol–water partition coefficient (Wildman–Crippen LogP) is 2.60. The Hall–Kier alpha value is -0.0800. The van der Waals surface area contributed by atoms with Crippen LogP contribution in [0.25, 0.3) is 0 Å². The van der Waals surface area contributed by atoms with Gasteiger partial charge in [-0.1, -0.05) is 27.2 Å². The summed E-state index contributed by atoms with van der Waals surface area (Å²) in [6, 6.07) is 0. The van der Waals surface area contributed by atoms with Gasteiger partial charge >= 0.3 is 0 Å². The Morgan fingerprint density at radius 2 is 1.77 bits per heavy atom. The van der Waals surface area contributed by atoms with Crippen LogP contribution in [-0.4, -0.2) is 24.4 Å². The second kappa shape index (κ2) is 8.52. The first-order valence-electron chi connectivity index (χ1n) is 5.44. The summed E-state index contributed by atoms with van der Waals surface area (Å²) in [6.45, 7) is 7.91. The van der Waals surface area contributed by atoms with E-state index in [0.29, 0.717) is 5.92 Å². The number of unbranched alkanes of at least 4 members (excludes halogenated alkanes) is 1. The Labute approximate surface area is 82.3 Å². The molecule has 0 radical (unpaired) electrons. The van der Waals surface area contributed by atoms with Crippen molar-refractivity contribution in [3.63, 3.8) is 0 Å². The van der Waals surface area contributed by atoms with Crippen LogP contribution in [0.4, 0.5) is 0 Å². The minimum Gasteiger partial charge on any atom is -0.393 e. The Morgan fingerprint density at radius 1 is 1.15 bits per heavy atom. The van der Waals surface area contributed by atoms with E-state index in [2.05, 4.69) is 6.92 Å². The number of ether oxygens (including phenoxy) is 1. The lowest BCUT2D eigenvalue weighted by Crippen LogP contribution is -2.15. The largest absolute Gasteiger partial charge is 0.393 e. The standard InChI is InChI=1S/C11H24O2/c1-4-5-8-13-9-6-7-11(12)10(2)3/h10-12H,4-9H2,1-3H3. The van der Waals surface area contributed by atoms with Gasteiger partial charge in [0.1, 0.15) is 0 Å². The third-order valence-electron chi connectivity index (χ3n) is 2.20. The molecule has 0 aliphatic rings. The van der Waals surface area contributed by atoms with Gasteiger partial charge in [-0.3, -0.25) is 0 Å². The van der Waals surface area contributed by atoms with Crippen LogP contribution in [0, 0.1) is 5.92 Å². The minimum atomic E-state index is -0.158. The summed E-state index contributed by atoms with van der Waals surface area (Å²) >= 11 is 0. The van der Waals surface area contributed by atoms with E-state index in [9.17, 15) is 5.11 Å². The van der Waals surface area contributed by atoms with E-state index < -0.39 is 0 Å². The summed E-state index contributed by atoms with van der Waals surface area (Å²) in [7, 11) is 0. The van der Waals surface area contributed by atoms with Gasteiger partial charge in [-0.05, 0) is 25.2 Å². The topological polar surface area (TPSA) is 29.5 Å². The van der Waals surface area contributed by atoms with Crippen molar-refractivity contribution in [2.24, 2.45) is 5.92 Å². The highest BCUT2D eigenvalue weighted by Gasteiger charge is 2.07. The maximum absolute atomic E-state index is 9.47. The molecule has 0 aromatic heterocycles. The fourth-order valence-corrected chi connectivity index (χ4v) is 1.08. The maximum Gasteiger partial charge on any atom is 0.0564 e. The van der Waals surface area contributed by atoms with Gasteiger partial charge in [0.05, 0.1) is 6.10 Å². The maximum atomic E-state index is 9.47. The van der Waals surface area contributed by atoms with Crippen LogP contribution in [0.5, 0.6) is 0 Å². The van der Waals surface area contributed by atoms with E-state index in [-0.39, 0.29) is 6.10 Å². The third kappa shape index (κ3) is 8.26. The molecular formula is C11H24O2. The molecule has 0 aromatic rings. The number of hydrogen-bond donors (Lipinski definition) is 1. The molecule has 0 bridgehead atoms. The Balaban J connectivity index is 3.07. The van der Waals surface area contributed by atoms with E-state index in [1.165, 1.54) is 6.42 Å². The molecule has 2 nitrogen and oxygen atoms in total. The van der Waals surface area contributed by atoms with Crippen molar-refractivity contribution in [1.29, 1.82) is 0 Å². The molecule has 0 aliphatic carbocycles. The molecule has 0 aromatic carbocycles. The van der Waals surface area contributed by atoms with Crippen molar-refractivity contribution in [2.45, 2.75) is 52.6 Å². The number of aliphatic hydroxyl groups is 1. The predicted molar refractivity (Wildman–Crippen MR) is 55.8 cm³/mol. The van der Waals surface area contributed by atoms with E-state index in [1.54, 1.807) is 0 Å². The van der Waals surface area contributed by atoms with Gasteiger partial charge in [0.15, 0.2) is 0 Å². The SMILES string of the molecule is CCCCOCCCC(O)C(C)C. The first-order valence-corrected chi connectivity index (χ1v) is 5.44. The molecule has 0 saturated carbocycles. The second-order valence-corrected chi connectivity index (χ2v) is 3.92. The van der Waals surface area contributed by atoms with Gasteiger partial charge < -0.3 is 9.84 Å². The van der Waals surface area contributed by atoms with E-state index in [1.807, 2.05) is 13.8 Å². The van der Waals surface area contributed by atoms with Crippen LogP contribution in [0.1, 0.15) is 46.5 Å². The monoisotopic (exact) mass is 188 g/mol. The number of rotatable bonds is 8. The molecule has 0 heterocycles. The summed E-state index contributed by atoms with van der Waals surface area (Å²) in [5.74, 6) is 0.371. The van der Waals surface area contributed by atoms with Gasteiger partial charge in [-0.15, -0.1) is 0 Å². The van der Waals surface area contributed by atoms with Crippen molar-refractivity contribution >= 4 is 0 Å². The van der Waals surface area contributed by atoms with Crippen LogP contribution in [0.3, 0.4) is 0 Å². The molecule has 0 fully saturated rings. The molecule has 1 N–H and O–H groups in total. The van der Waals surface area contributed by atoms with Gasteiger partial charge in [-0.2, -0.15) is 0 Å². The third-order valence-corrected chi connectivity index (χ3v) is 2.20. The Kier molecular flexibility index (Phi) is 8.46. The zero-order chi connectivity index (χ0) is 10.1. The van der Waals surface area contributed by atoms with Crippen molar-refractivity contribution in [2.75, 3.05) is 13.2 Å². The Bertz CT molecular complexity index is 102. The van der Waals surface area contributed by atoms with Crippen molar-refractivity contribution < 1.29 is 9.84 Å². The summed E-state index contributed by atoms with van der Waals surface area (Å²) < 4.78 is 5.39. The molecule has 80 valence electrons. The molecule has 0 spiro atoms. The second-order valence-electron chi connectivity index (χ2n) is 3.92. The fourth-order valence-electron chi connectivity index (χ4n) is 1.08. The summed E-state index contributed by atoms with van der Waals surface area (Å²) in [4.78, 5) is 0. The molecule has 2 heteroatoms. The van der Waals surface area contributed by atoms with Crippen LogP contribution < -0.4 is 0 Å². The van der Waals surface area contributed by atoms with E-state index >= 15 is 0 Å². The van der Waals surface area contributed by atoms with Crippen LogP contribution in [-0.2, 0) is 4.74 Å². The van der Waals surface area contributed by atoms with Gasteiger partial charge in [-0.25, -0.2) is 0 Å². The molecule has 13 heavy (non-hydrogen) atoms. The van der Waals surface area contributed by atoms with Crippen LogP contribution >= 0.6 is 0 Å². The van der Waals surface area contributed by atoms with Crippen molar-refractivity contribution in [3.05, 3.63) is 0 Å². The molecule has 0 aliphatic heterocycles. The first-order chi connectivity index (χ1) is 6.18. The fraction of sp³-hybridized carbons (Fsp3) is 1.00. The summed E-state index contributed by atoms with van der Waals surface area (Å²) in [5.41, 5.74) is 0. The van der Waals surface area contributed by atoms with Gasteiger partial charge in [0, 0.05) is 13.2 Å². The average Bonchev–Trinajstić information content (AvgIpc) is 2.10.